The number of ether oxygens (including phenoxy) is 4. The molecule has 3 N–H and O–H groups in total. The first kappa shape index (κ1) is 91.1. The van der Waals surface area contributed by atoms with Crippen molar-refractivity contribution in [2.45, 2.75) is 388 Å². The molecule has 552 valence electrons. The monoisotopic (exact) mass is 1370 g/mol. The van der Waals surface area contributed by atoms with Gasteiger partial charge >= 0.3 is 39.5 Å². The molecule has 0 rings (SSSR count). The average Bonchev–Trinajstić information content (AvgIpc) is 2.17. The Morgan fingerprint density at radius 2 is 0.452 bits per heavy atom. The fraction of sp³-hybridized carbons (Fsp3) is 0.946. The summed E-state index contributed by atoms with van der Waals surface area (Å²) in [5, 5.41) is 10.6. The van der Waals surface area contributed by atoms with Crippen molar-refractivity contribution in [3.05, 3.63) is 0 Å². The van der Waals surface area contributed by atoms with Gasteiger partial charge in [-0.25, -0.2) is 9.13 Å². The number of phosphoric ester groups is 2. The topological polar surface area (TPSA) is 237 Å². The number of aliphatic hydroxyl groups is 1. The van der Waals surface area contributed by atoms with Gasteiger partial charge in [0.15, 0.2) is 12.2 Å². The maximum Gasteiger partial charge on any atom is 0.472 e. The van der Waals surface area contributed by atoms with Crippen LogP contribution in [-0.4, -0.2) is 96.7 Å². The molecule has 0 fully saturated rings. The molecule has 93 heavy (non-hydrogen) atoms. The van der Waals surface area contributed by atoms with Gasteiger partial charge in [-0.2, -0.15) is 0 Å². The van der Waals surface area contributed by atoms with Crippen LogP contribution in [0, 0.1) is 23.7 Å². The predicted molar refractivity (Wildman–Crippen MR) is 377 cm³/mol. The van der Waals surface area contributed by atoms with E-state index in [9.17, 15) is 43.2 Å². The molecule has 0 aliphatic carbocycles. The molecule has 19 heteroatoms. The van der Waals surface area contributed by atoms with Crippen LogP contribution in [0.5, 0.6) is 0 Å². The highest BCUT2D eigenvalue weighted by Crippen LogP contribution is 2.45. The highest BCUT2D eigenvalue weighted by molar-refractivity contribution is 7.47. The largest absolute Gasteiger partial charge is 0.472 e. The van der Waals surface area contributed by atoms with E-state index in [0.29, 0.717) is 31.6 Å². The van der Waals surface area contributed by atoms with Gasteiger partial charge in [0.25, 0.3) is 0 Å². The van der Waals surface area contributed by atoms with Crippen molar-refractivity contribution in [1.82, 2.24) is 0 Å². The summed E-state index contributed by atoms with van der Waals surface area (Å²) in [7, 11) is -9.91. The number of hydrogen-bond acceptors (Lipinski definition) is 15. The third kappa shape index (κ3) is 68.4. The number of aliphatic hydroxyl groups excluding tert-OH is 1. The number of rotatable bonds is 71. The smallest absolute Gasteiger partial charge is 0.462 e. The van der Waals surface area contributed by atoms with Crippen molar-refractivity contribution in [1.29, 1.82) is 0 Å². The summed E-state index contributed by atoms with van der Waals surface area (Å²) < 4.78 is 68.5. The molecule has 0 spiro atoms. The van der Waals surface area contributed by atoms with Gasteiger partial charge in [-0.05, 0) is 49.4 Å². The first-order chi connectivity index (χ1) is 44.6. The Bertz CT molecular complexity index is 1830. The molecule has 0 amide bonds. The van der Waals surface area contributed by atoms with Gasteiger partial charge in [-0.15, -0.1) is 0 Å². The fourth-order valence-corrected chi connectivity index (χ4v) is 12.8. The summed E-state index contributed by atoms with van der Waals surface area (Å²) in [5.74, 6) is 0.891. The first-order valence-corrected chi connectivity index (χ1v) is 41.2. The Morgan fingerprint density at radius 3 is 0.667 bits per heavy atom. The third-order valence-electron chi connectivity index (χ3n) is 17.1. The lowest BCUT2D eigenvalue weighted by molar-refractivity contribution is -0.161. The zero-order valence-corrected chi connectivity index (χ0v) is 62.7. The minimum absolute atomic E-state index is 0.105. The highest BCUT2D eigenvalue weighted by atomic mass is 31.2. The Labute approximate surface area is 568 Å². The molecule has 0 aliphatic heterocycles. The molecular weight excluding hydrogens is 1220 g/mol. The van der Waals surface area contributed by atoms with Gasteiger partial charge in [0.1, 0.15) is 19.3 Å². The molecular formula is C74H144O17P2. The van der Waals surface area contributed by atoms with Gasteiger partial charge in [-0.1, -0.05) is 319 Å². The van der Waals surface area contributed by atoms with Crippen molar-refractivity contribution in [3.8, 4) is 0 Å². The maximum atomic E-state index is 13.1. The molecule has 0 saturated heterocycles. The van der Waals surface area contributed by atoms with Crippen LogP contribution >= 0.6 is 15.6 Å². The Hall–Kier alpha value is -1.94. The highest BCUT2D eigenvalue weighted by Gasteiger charge is 2.30. The molecule has 5 atom stereocenters. The first-order valence-electron chi connectivity index (χ1n) is 38.2. The van der Waals surface area contributed by atoms with E-state index in [4.69, 9.17) is 37.0 Å². The molecule has 0 aromatic carbocycles. The lowest BCUT2D eigenvalue weighted by Crippen LogP contribution is -2.30. The molecule has 0 aromatic rings. The molecule has 0 radical (unpaired) electrons. The van der Waals surface area contributed by atoms with Crippen LogP contribution in [0.4, 0.5) is 0 Å². The average molecular weight is 1370 g/mol. The summed E-state index contributed by atoms with van der Waals surface area (Å²) in [4.78, 5) is 72.7. The number of esters is 4. The van der Waals surface area contributed by atoms with Crippen LogP contribution < -0.4 is 0 Å². The summed E-state index contributed by atoms with van der Waals surface area (Å²) in [6.07, 6.45) is 47.2. The van der Waals surface area contributed by atoms with Crippen molar-refractivity contribution < 1.29 is 80.2 Å². The van der Waals surface area contributed by atoms with E-state index < -0.39 is 97.5 Å². The maximum absolute atomic E-state index is 13.1. The van der Waals surface area contributed by atoms with Gasteiger partial charge in [-0.3, -0.25) is 37.3 Å². The number of carbonyl (C=O) groups is 4. The predicted octanol–water partition coefficient (Wildman–Crippen LogP) is 21.3. The van der Waals surface area contributed by atoms with Crippen LogP contribution in [0.25, 0.3) is 0 Å². The molecule has 0 aliphatic rings. The molecule has 17 nitrogen and oxygen atoms in total. The molecule has 0 heterocycles. The van der Waals surface area contributed by atoms with Gasteiger partial charge in [0.2, 0.25) is 0 Å². The zero-order valence-electron chi connectivity index (χ0n) is 60.9. The van der Waals surface area contributed by atoms with Gasteiger partial charge in [0.05, 0.1) is 26.4 Å². The van der Waals surface area contributed by atoms with E-state index >= 15 is 0 Å². The molecule has 0 aromatic heterocycles. The van der Waals surface area contributed by atoms with Crippen molar-refractivity contribution in [3.63, 3.8) is 0 Å². The number of carbonyl (C=O) groups excluding carboxylic acids is 4. The van der Waals surface area contributed by atoms with E-state index in [1.54, 1.807) is 0 Å². The van der Waals surface area contributed by atoms with Crippen LogP contribution in [0.15, 0.2) is 0 Å². The van der Waals surface area contributed by atoms with Crippen molar-refractivity contribution >= 4 is 39.5 Å². The molecule has 0 bridgehead atoms. The standard InChI is InChI=1S/C74H144O17P2/c1-64(2)50-42-34-26-19-13-10-9-11-15-23-31-40-48-56-73(78)90-69(60-84-71(76)54-46-38-30-22-16-12-14-20-27-35-43-51-65(3)4)62-88-92(80,81)86-58-68(75)59-87-93(82,83)89-63-70(61-85-72(77)55-47-39-33-25-29-37-45-53-67(7)8)91-74(79)57-49-41-32-24-18-17-21-28-36-44-52-66(5)6/h64-70,75H,9-63H2,1-8H3,(H,80,81)(H,82,83)/t68?,69-,70-/m1/s1. The lowest BCUT2D eigenvalue weighted by atomic mass is 10.0. The number of unbranched alkanes of at least 4 members (excludes halogenated alkanes) is 37. The van der Waals surface area contributed by atoms with Gasteiger partial charge < -0.3 is 33.8 Å². The summed E-state index contributed by atoms with van der Waals surface area (Å²) in [5.41, 5.74) is 0. The van der Waals surface area contributed by atoms with E-state index in [0.717, 1.165) is 114 Å². The Balaban J connectivity index is 5.26. The second-order valence-electron chi connectivity index (χ2n) is 28.6. The third-order valence-corrected chi connectivity index (χ3v) is 19.0. The summed E-state index contributed by atoms with van der Waals surface area (Å²) in [6.45, 7) is 14.1. The van der Waals surface area contributed by atoms with E-state index in [-0.39, 0.29) is 25.7 Å². The van der Waals surface area contributed by atoms with Crippen LogP contribution in [0.1, 0.15) is 370 Å². The van der Waals surface area contributed by atoms with Crippen LogP contribution in [0.3, 0.4) is 0 Å². The summed E-state index contributed by atoms with van der Waals surface area (Å²) in [6, 6.07) is 0. The number of phosphoric acid groups is 2. The fourth-order valence-electron chi connectivity index (χ4n) is 11.2. The number of hydrogen-bond donors (Lipinski definition) is 3. The minimum Gasteiger partial charge on any atom is -0.462 e. The normalized spacial score (nSPS) is 14.2. The second-order valence-corrected chi connectivity index (χ2v) is 31.5. The van der Waals surface area contributed by atoms with E-state index in [1.165, 1.54) is 167 Å². The Kier molecular flexibility index (Phi) is 62.2. The van der Waals surface area contributed by atoms with Crippen molar-refractivity contribution in [2.75, 3.05) is 39.6 Å². The van der Waals surface area contributed by atoms with E-state index in [2.05, 4.69) is 55.4 Å². The minimum atomic E-state index is -4.96. The Morgan fingerprint density at radius 1 is 0.269 bits per heavy atom. The molecule has 3 unspecified atom stereocenters. The SMILES string of the molecule is CC(C)CCCCCCCCCCCCCCCC(=O)O[C@H](COC(=O)CCCCCCCCCCCCCC(C)C)COP(=O)(O)OCC(O)COP(=O)(O)OC[C@@H](COC(=O)CCCCCCCCCC(C)C)OC(=O)CCCCCCCCCCCCC(C)C. The zero-order chi connectivity index (χ0) is 68.9. The van der Waals surface area contributed by atoms with E-state index in [1.807, 2.05) is 0 Å². The molecule has 0 saturated carbocycles. The van der Waals surface area contributed by atoms with Crippen LogP contribution in [0.2, 0.25) is 0 Å². The lowest BCUT2D eigenvalue weighted by Gasteiger charge is -2.21. The van der Waals surface area contributed by atoms with Crippen molar-refractivity contribution in [2.24, 2.45) is 23.7 Å². The van der Waals surface area contributed by atoms with Gasteiger partial charge in [0, 0.05) is 25.7 Å². The quantitative estimate of drug-likeness (QED) is 0.0222. The second kappa shape index (κ2) is 63.5. The van der Waals surface area contributed by atoms with Crippen LogP contribution in [-0.2, 0) is 65.4 Å². The summed E-state index contributed by atoms with van der Waals surface area (Å²) >= 11 is 0.